The Balaban J connectivity index is 1.92. The monoisotopic (exact) mass is 278 g/mol. The van der Waals surface area contributed by atoms with Crippen LogP contribution in [-0.4, -0.2) is 41.4 Å². The summed E-state index contributed by atoms with van der Waals surface area (Å²) in [5.41, 5.74) is 6.09. The van der Waals surface area contributed by atoms with E-state index >= 15 is 0 Å². The van der Waals surface area contributed by atoms with Crippen LogP contribution in [0.15, 0.2) is 27.6 Å². The minimum Gasteiger partial charge on any atom is -0.409 e. The summed E-state index contributed by atoms with van der Waals surface area (Å²) in [7, 11) is 0. The van der Waals surface area contributed by atoms with Crippen molar-refractivity contribution in [2.45, 2.75) is 29.1 Å². The average Bonchev–Trinajstić information content (AvgIpc) is 3.19. The molecule has 1 saturated carbocycles. The summed E-state index contributed by atoms with van der Waals surface area (Å²) in [5.74, 6) is -0.0251. The smallest absolute Gasteiger partial charge is 0.215 e. The molecule has 0 spiro atoms. The quantitative estimate of drug-likeness (QED) is 0.347. The fraction of sp³-hybridized carbons (Fsp3) is 0.333. The standard InChI is InChI=1S/C9H10N8OS/c10-7(14-18)6-3-4-11-12-8(6)19-9-13-15-16-17(9)5-1-2-5/h3-5,18H,1-2H2,(H2,10,14). The molecule has 9 nitrogen and oxygen atoms in total. The van der Waals surface area contributed by atoms with Gasteiger partial charge in [0.15, 0.2) is 5.84 Å². The second-order valence-corrected chi connectivity index (χ2v) is 4.93. The molecule has 1 aliphatic rings. The molecule has 19 heavy (non-hydrogen) atoms. The second-order valence-electron chi connectivity index (χ2n) is 3.97. The van der Waals surface area contributed by atoms with Crippen molar-refractivity contribution in [2.75, 3.05) is 0 Å². The normalized spacial score (nSPS) is 15.7. The van der Waals surface area contributed by atoms with Crippen molar-refractivity contribution in [3.63, 3.8) is 0 Å². The van der Waals surface area contributed by atoms with Crippen LogP contribution in [0.25, 0.3) is 0 Å². The molecule has 0 amide bonds. The molecule has 2 aromatic rings. The summed E-state index contributed by atoms with van der Waals surface area (Å²) in [5, 5.41) is 32.2. The van der Waals surface area contributed by atoms with Crippen molar-refractivity contribution in [3.05, 3.63) is 17.8 Å². The summed E-state index contributed by atoms with van der Waals surface area (Å²) in [6.07, 6.45) is 3.62. The van der Waals surface area contributed by atoms with Gasteiger partial charge in [-0.05, 0) is 41.1 Å². The second kappa shape index (κ2) is 4.80. The van der Waals surface area contributed by atoms with Crippen LogP contribution in [0.3, 0.4) is 0 Å². The van der Waals surface area contributed by atoms with Gasteiger partial charge >= 0.3 is 0 Å². The zero-order valence-electron chi connectivity index (χ0n) is 9.71. The van der Waals surface area contributed by atoms with E-state index in [-0.39, 0.29) is 5.84 Å². The van der Waals surface area contributed by atoms with Gasteiger partial charge in [0.1, 0.15) is 5.03 Å². The molecular formula is C9H10N8OS. The third-order valence-corrected chi connectivity index (χ3v) is 3.56. The predicted octanol–water partition coefficient (Wildman–Crippen LogP) is 0.0437. The summed E-state index contributed by atoms with van der Waals surface area (Å²) in [4.78, 5) is 0. The van der Waals surface area contributed by atoms with Crippen molar-refractivity contribution in [3.8, 4) is 0 Å². The average molecular weight is 278 g/mol. The predicted molar refractivity (Wildman–Crippen MR) is 64.8 cm³/mol. The van der Waals surface area contributed by atoms with E-state index in [1.807, 2.05) is 0 Å². The molecule has 0 aliphatic heterocycles. The molecule has 10 heteroatoms. The molecule has 0 atom stereocenters. The molecule has 0 saturated heterocycles. The minimum absolute atomic E-state index is 0.0251. The maximum Gasteiger partial charge on any atom is 0.215 e. The van der Waals surface area contributed by atoms with Crippen LogP contribution < -0.4 is 5.73 Å². The van der Waals surface area contributed by atoms with E-state index in [2.05, 4.69) is 30.9 Å². The maximum absolute atomic E-state index is 8.75. The summed E-state index contributed by atoms with van der Waals surface area (Å²) < 4.78 is 1.76. The lowest BCUT2D eigenvalue weighted by molar-refractivity contribution is 0.318. The van der Waals surface area contributed by atoms with Gasteiger partial charge in [-0.15, -0.1) is 10.2 Å². The first-order chi connectivity index (χ1) is 9.29. The van der Waals surface area contributed by atoms with Crippen molar-refractivity contribution in [2.24, 2.45) is 10.9 Å². The molecular weight excluding hydrogens is 268 g/mol. The van der Waals surface area contributed by atoms with Crippen molar-refractivity contribution < 1.29 is 5.21 Å². The fourth-order valence-corrected chi connectivity index (χ4v) is 2.43. The lowest BCUT2D eigenvalue weighted by atomic mass is 10.3. The van der Waals surface area contributed by atoms with Crippen LogP contribution in [0.5, 0.6) is 0 Å². The molecule has 2 heterocycles. The van der Waals surface area contributed by atoms with Crippen LogP contribution in [-0.2, 0) is 0 Å². The number of amidine groups is 1. The molecule has 1 fully saturated rings. The number of hydrogen-bond donors (Lipinski definition) is 2. The number of hydrogen-bond acceptors (Lipinski definition) is 8. The first-order valence-corrected chi connectivity index (χ1v) is 6.36. The zero-order valence-corrected chi connectivity index (χ0v) is 10.5. The van der Waals surface area contributed by atoms with E-state index in [1.54, 1.807) is 10.7 Å². The van der Waals surface area contributed by atoms with E-state index in [9.17, 15) is 0 Å². The van der Waals surface area contributed by atoms with Crippen molar-refractivity contribution >= 4 is 17.6 Å². The fourth-order valence-electron chi connectivity index (χ4n) is 1.53. The largest absolute Gasteiger partial charge is 0.409 e. The first-order valence-electron chi connectivity index (χ1n) is 5.55. The zero-order chi connectivity index (χ0) is 13.2. The SMILES string of the molecule is N/C(=N/O)c1ccnnc1Sc1nnnn1C1CC1. The van der Waals surface area contributed by atoms with Gasteiger partial charge in [-0.3, -0.25) is 0 Å². The Morgan fingerprint density at radius 1 is 1.47 bits per heavy atom. The van der Waals surface area contributed by atoms with Gasteiger partial charge in [-0.25, -0.2) is 4.68 Å². The van der Waals surface area contributed by atoms with E-state index in [4.69, 9.17) is 10.9 Å². The van der Waals surface area contributed by atoms with Crippen molar-refractivity contribution in [1.29, 1.82) is 0 Å². The molecule has 3 rings (SSSR count). The van der Waals surface area contributed by atoms with Gasteiger partial charge < -0.3 is 10.9 Å². The third kappa shape index (κ3) is 2.34. The maximum atomic E-state index is 8.75. The minimum atomic E-state index is -0.0251. The number of aromatic nitrogens is 6. The van der Waals surface area contributed by atoms with Crippen LogP contribution in [0.2, 0.25) is 0 Å². The van der Waals surface area contributed by atoms with E-state index in [0.29, 0.717) is 21.8 Å². The van der Waals surface area contributed by atoms with Crippen LogP contribution in [0.1, 0.15) is 24.4 Å². The topological polar surface area (TPSA) is 128 Å². The van der Waals surface area contributed by atoms with Crippen LogP contribution in [0, 0.1) is 0 Å². The molecule has 0 radical (unpaired) electrons. The van der Waals surface area contributed by atoms with Crippen molar-refractivity contribution in [1.82, 2.24) is 30.4 Å². The molecule has 0 unspecified atom stereocenters. The Morgan fingerprint density at radius 3 is 3.05 bits per heavy atom. The van der Waals surface area contributed by atoms with Gasteiger partial charge in [0.05, 0.1) is 17.8 Å². The summed E-state index contributed by atoms with van der Waals surface area (Å²) in [6.45, 7) is 0. The van der Waals surface area contributed by atoms with Crippen LogP contribution >= 0.6 is 11.8 Å². The van der Waals surface area contributed by atoms with E-state index in [1.165, 1.54) is 18.0 Å². The van der Waals surface area contributed by atoms with Gasteiger partial charge in [-0.2, -0.15) is 5.10 Å². The highest BCUT2D eigenvalue weighted by Crippen LogP contribution is 2.37. The van der Waals surface area contributed by atoms with Gasteiger partial charge in [0.25, 0.3) is 0 Å². The number of oxime groups is 1. The van der Waals surface area contributed by atoms with E-state index < -0.39 is 0 Å². The molecule has 2 aromatic heterocycles. The third-order valence-electron chi connectivity index (χ3n) is 2.61. The van der Waals surface area contributed by atoms with E-state index in [0.717, 1.165) is 12.8 Å². The Hall–Kier alpha value is -2.23. The lowest BCUT2D eigenvalue weighted by Gasteiger charge is -2.05. The van der Waals surface area contributed by atoms with Gasteiger partial charge in [0.2, 0.25) is 5.16 Å². The lowest BCUT2D eigenvalue weighted by Crippen LogP contribution is -2.15. The Labute approximate surface area is 111 Å². The molecule has 0 bridgehead atoms. The van der Waals surface area contributed by atoms with Crippen LogP contribution in [0.4, 0.5) is 0 Å². The number of nitrogens with zero attached hydrogens (tertiary/aromatic N) is 7. The number of rotatable bonds is 4. The van der Waals surface area contributed by atoms with Gasteiger partial charge in [0, 0.05) is 0 Å². The highest BCUT2D eigenvalue weighted by atomic mass is 32.2. The molecule has 98 valence electrons. The molecule has 0 aromatic carbocycles. The number of nitrogens with two attached hydrogens (primary N) is 1. The Kier molecular flexibility index (Phi) is 2.99. The highest BCUT2D eigenvalue weighted by molar-refractivity contribution is 7.99. The first kappa shape index (κ1) is 11.8. The molecule has 1 aliphatic carbocycles. The van der Waals surface area contributed by atoms with Gasteiger partial charge in [-0.1, -0.05) is 5.16 Å². The molecule has 3 N–H and O–H groups in total. The summed E-state index contributed by atoms with van der Waals surface area (Å²) >= 11 is 1.24. The Morgan fingerprint density at radius 2 is 2.32 bits per heavy atom. The Bertz CT molecular complexity index is 622. The highest BCUT2D eigenvalue weighted by Gasteiger charge is 2.28. The number of tetrazole rings is 1. The summed E-state index contributed by atoms with van der Waals surface area (Å²) in [6, 6.07) is 1.98.